The van der Waals surface area contributed by atoms with Gasteiger partial charge >= 0.3 is 31.0 Å². The highest BCUT2D eigenvalue weighted by Crippen LogP contribution is 2.45. The van der Waals surface area contributed by atoms with Crippen LogP contribution in [0.5, 0.6) is 46.0 Å². The van der Waals surface area contributed by atoms with Crippen LogP contribution in [0.15, 0.2) is 85.2 Å². The molecular weight excluding hydrogens is 1090 g/mol. The number of carbonyl (C=O) groups excluding carboxylic acids is 4. The predicted molar refractivity (Wildman–Crippen MR) is 226 cm³/mol. The van der Waals surface area contributed by atoms with Gasteiger partial charge in [-0.05, 0) is 72.8 Å². The second-order valence-electron chi connectivity index (χ2n) is 14.1. The molecule has 0 spiro atoms. The zero-order valence-electron chi connectivity index (χ0n) is 43.1. The number of benzene rings is 4. The molecule has 6 rings (SSSR count). The lowest BCUT2D eigenvalue weighted by atomic mass is 10.1. The number of carbonyl (C=O) groups is 4. The molecule has 0 aliphatic heterocycles. The number of esters is 1. The Morgan fingerprint density at radius 3 is 1.18 bits per heavy atom. The molecule has 4 aromatic carbocycles. The third-order valence-corrected chi connectivity index (χ3v) is 9.11. The van der Waals surface area contributed by atoms with Crippen molar-refractivity contribution in [2.45, 2.75) is 25.1 Å². The number of primary amides is 1. The molecule has 3 amide bonds. The summed E-state index contributed by atoms with van der Waals surface area (Å²) in [7, 11) is -5.97. The second-order valence-corrected chi connectivity index (χ2v) is 14.1. The molecule has 2 aromatic heterocycles. The Balaban J connectivity index is 0.000000304. The highest BCUT2D eigenvalue weighted by Gasteiger charge is 2.40. The van der Waals surface area contributed by atoms with E-state index >= 15 is 8.78 Å². The summed E-state index contributed by atoms with van der Waals surface area (Å²) in [6.45, 7) is 0. The number of methoxy groups -OCH3 is 3. The molecular formula is C45H27F16N5O11. The molecule has 0 aliphatic rings. The Morgan fingerprint density at radius 1 is 0.506 bits per heavy atom. The number of halogens is 16. The Morgan fingerprint density at radius 2 is 0.870 bits per heavy atom. The molecule has 6 aromatic rings. The number of anilines is 2. The van der Waals surface area contributed by atoms with Crippen molar-refractivity contribution in [3.63, 3.8) is 0 Å². The number of nitrogens with two attached hydrogens (primary N) is 1. The minimum absolute atomic E-state index is 0.131. The van der Waals surface area contributed by atoms with Crippen LogP contribution in [0.4, 0.5) is 81.6 Å². The molecule has 0 unspecified atom stereocenters. The zero-order valence-corrected chi connectivity index (χ0v) is 37.1. The van der Waals surface area contributed by atoms with E-state index in [-0.39, 0.29) is 34.9 Å². The van der Waals surface area contributed by atoms with Gasteiger partial charge in [0, 0.05) is 0 Å². The van der Waals surface area contributed by atoms with Gasteiger partial charge in [-0.3, -0.25) is 14.4 Å². The van der Waals surface area contributed by atoms with Crippen molar-refractivity contribution in [3.8, 4) is 46.0 Å². The highest BCUT2D eigenvalue weighted by atomic mass is 19.4. The summed E-state index contributed by atoms with van der Waals surface area (Å²) in [6.07, 6.45) is -19.8. The zero-order chi connectivity index (χ0) is 62.5. The number of pyridine rings is 2. The van der Waals surface area contributed by atoms with E-state index in [1.54, 1.807) is 0 Å². The largest absolute Gasteiger partial charge is 0.573 e. The highest BCUT2D eigenvalue weighted by molar-refractivity contribution is 6.07. The molecule has 0 fully saturated rings. The number of rotatable bonds is 14. The molecule has 16 nitrogen and oxygen atoms in total. The van der Waals surface area contributed by atoms with Crippen molar-refractivity contribution < 1.29 is 131 Å². The first kappa shape index (κ1) is 49.9. The van der Waals surface area contributed by atoms with Crippen LogP contribution in [0.3, 0.4) is 0 Å². The van der Waals surface area contributed by atoms with Crippen LogP contribution in [0.1, 0.15) is 61.0 Å². The van der Waals surface area contributed by atoms with Gasteiger partial charge in [-0.2, -0.15) is 35.1 Å². The molecule has 4 N–H and O–H groups in total. The van der Waals surface area contributed by atoms with Crippen LogP contribution in [0, 0.1) is 23.3 Å². The average molecular weight is 1120 g/mol. The fourth-order valence-electron chi connectivity index (χ4n) is 5.88. The van der Waals surface area contributed by atoms with Crippen molar-refractivity contribution >= 4 is 35.1 Å². The van der Waals surface area contributed by atoms with E-state index in [2.05, 4.69) is 33.7 Å². The van der Waals surface area contributed by atoms with Gasteiger partial charge in [0.1, 0.15) is 34.0 Å². The van der Waals surface area contributed by atoms with Crippen LogP contribution < -0.4 is 44.8 Å². The summed E-state index contributed by atoms with van der Waals surface area (Å²) in [5, 5.41) is 3.99. The molecule has 0 radical (unpaired) electrons. The topological polar surface area (TPSA) is 209 Å². The Labute approximate surface area is 426 Å². The molecule has 0 saturated heterocycles. The summed E-state index contributed by atoms with van der Waals surface area (Å²) >= 11 is 0. The Bertz CT molecular complexity index is 3420. The number of hydrogen-bond acceptors (Lipinski definition) is 13. The molecule has 32 heteroatoms. The smallest absolute Gasteiger partial charge is 0.490 e. The minimum atomic E-state index is -5.44. The lowest BCUT2D eigenvalue weighted by Crippen LogP contribution is -2.19. The van der Waals surface area contributed by atoms with E-state index in [0.717, 1.165) is 43.8 Å². The van der Waals surface area contributed by atoms with Crippen LogP contribution in [-0.2, 0) is 17.1 Å². The second kappa shape index (κ2) is 23.1. The molecule has 0 atom stereocenters. The summed E-state index contributed by atoms with van der Waals surface area (Å²) in [6, 6.07) is 6.79. The normalized spacial score (nSPS) is 13.1. The predicted octanol–water partition coefficient (Wildman–Crippen LogP) is 11.5. The summed E-state index contributed by atoms with van der Waals surface area (Å²) in [5.74, 6) is -24.1. The van der Waals surface area contributed by atoms with Gasteiger partial charge in [0.15, 0.2) is 34.6 Å². The first-order valence-corrected chi connectivity index (χ1v) is 19.7. The maximum atomic E-state index is 15.1. The molecule has 410 valence electrons. The molecule has 77 heavy (non-hydrogen) atoms. The SMILES string of the molecule is [2H]C([2H])([2H])Oc1c(Oc2ccc(C(F)(F)F)c(F)c2C(=O)Nc2ccc(C(=O)OC)nc2)ccc(OC(F)(F)F)c1F.[2H]C([2H])([2H])Oc1c(Oc2ccc(C(F)(F)F)c(F)c2C(=O)Nc2ccc(C(N)=O)nc2)ccc(OC(F)(F)F)c1F. The van der Waals surface area contributed by atoms with E-state index in [4.69, 9.17) is 23.4 Å². The van der Waals surface area contributed by atoms with E-state index in [1.165, 1.54) is 0 Å². The van der Waals surface area contributed by atoms with Gasteiger partial charge in [-0.1, -0.05) is 0 Å². The van der Waals surface area contributed by atoms with Gasteiger partial charge in [0.25, 0.3) is 17.7 Å². The molecule has 2 heterocycles. The lowest BCUT2D eigenvalue weighted by Gasteiger charge is -2.18. The standard InChI is InChI=1S/C23H14F8N2O6.C22H13F8N3O5/c1-36-19-15(8-7-14(18(19)25)39-23(29,30)31)38-13-6-4-11(22(26,27)28)17(24)16(13)20(34)33-10-3-5-12(32-9-10)21(35)37-2;1-36-18-14(7-6-13(17(18)24)38-22(28,29)30)37-12-5-3-10(21(25,26)27)16(23)15(12)20(35)33-9-2-4-11(19(31)34)32-8-9/h3-9H,1-2H3,(H,33,34);2-8H,1H3,(H2,31,34)(H,33,35)/i2*1D3. The maximum Gasteiger partial charge on any atom is 0.573 e. The Hall–Kier alpha value is -9.26. The molecule has 0 aliphatic carbocycles. The van der Waals surface area contributed by atoms with E-state index < -0.39 is 154 Å². The van der Waals surface area contributed by atoms with Crippen molar-refractivity contribution in [3.05, 3.63) is 142 Å². The summed E-state index contributed by atoms with van der Waals surface area (Å²) in [4.78, 5) is 55.7. The third-order valence-electron chi connectivity index (χ3n) is 9.11. The number of alkyl halides is 12. The van der Waals surface area contributed by atoms with Crippen LogP contribution >= 0.6 is 0 Å². The quantitative estimate of drug-likeness (QED) is 0.0686. The van der Waals surface area contributed by atoms with Crippen molar-refractivity contribution in [2.75, 3.05) is 31.8 Å². The monoisotopic (exact) mass is 1120 g/mol. The fourth-order valence-corrected chi connectivity index (χ4v) is 5.88. The average Bonchev–Trinajstić information content (AvgIpc) is 3.56. The van der Waals surface area contributed by atoms with Crippen molar-refractivity contribution in [1.29, 1.82) is 0 Å². The number of amides is 3. The van der Waals surface area contributed by atoms with E-state index in [1.807, 2.05) is 10.6 Å². The number of nitrogens with one attached hydrogen (secondary N) is 2. The van der Waals surface area contributed by atoms with Crippen molar-refractivity contribution in [1.82, 2.24) is 9.97 Å². The first-order chi connectivity index (χ1) is 38.1. The fraction of sp³-hybridized carbons (Fsp3) is 0.156. The number of hydrogen-bond donors (Lipinski definition) is 3. The number of ether oxygens (including phenoxy) is 7. The summed E-state index contributed by atoms with van der Waals surface area (Å²) in [5.41, 5.74) is -2.79. The Kier molecular flexibility index (Phi) is 15.0. The maximum absolute atomic E-state index is 15.1. The third kappa shape index (κ3) is 14.5. The number of nitrogens with zero attached hydrogens (tertiary/aromatic N) is 2. The molecule has 0 saturated carbocycles. The van der Waals surface area contributed by atoms with E-state index in [9.17, 15) is 80.6 Å². The van der Waals surface area contributed by atoms with Gasteiger partial charge in [-0.15, -0.1) is 26.3 Å². The van der Waals surface area contributed by atoms with Crippen molar-refractivity contribution in [2.24, 2.45) is 5.73 Å². The van der Waals surface area contributed by atoms with Gasteiger partial charge in [-0.25, -0.2) is 23.5 Å². The van der Waals surface area contributed by atoms with Crippen LogP contribution in [-0.4, -0.2) is 67.6 Å². The van der Waals surface area contributed by atoms with Gasteiger partial charge in [0.2, 0.25) is 23.1 Å². The summed E-state index contributed by atoms with van der Waals surface area (Å²) < 4.78 is 289. The lowest BCUT2D eigenvalue weighted by molar-refractivity contribution is -0.276. The number of aromatic nitrogens is 2. The van der Waals surface area contributed by atoms with Gasteiger partial charge < -0.3 is 49.5 Å². The first-order valence-electron chi connectivity index (χ1n) is 22.7. The van der Waals surface area contributed by atoms with Crippen LogP contribution in [0.2, 0.25) is 0 Å². The minimum Gasteiger partial charge on any atom is -0.490 e. The molecule has 0 bridgehead atoms. The van der Waals surface area contributed by atoms with Crippen LogP contribution in [0.25, 0.3) is 0 Å². The van der Waals surface area contributed by atoms with E-state index in [0.29, 0.717) is 36.4 Å². The van der Waals surface area contributed by atoms with Gasteiger partial charge in [0.05, 0.1) is 64.3 Å².